The highest BCUT2D eigenvalue weighted by molar-refractivity contribution is 6.07. The number of carbonyl (C=O) groups is 2. The summed E-state index contributed by atoms with van der Waals surface area (Å²) in [5.41, 5.74) is 7.12. The van der Waals surface area contributed by atoms with E-state index >= 15 is 0 Å². The van der Waals surface area contributed by atoms with E-state index in [-0.39, 0.29) is 11.8 Å². The number of fused-ring (bicyclic) bond motifs is 2. The lowest BCUT2D eigenvalue weighted by atomic mass is 10.1. The minimum Gasteiger partial charge on any atom is -0.495 e. The van der Waals surface area contributed by atoms with E-state index in [1.54, 1.807) is 7.11 Å². The van der Waals surface area contributed by atoms with E-state index in [9.17, 15) is 9.59 Å². The van der Waals surface area contributed by atoms with Crippen molar-refractivity contribution >= 4 is 17.5 Å². The van der Waals surface area contributed by atoms with Gasteiger partial charge in [0.25, 0.3) is 11.8 Å². The molecule has 0 saturated carbocycles. The topological polar surface area (TPSA) is 66.2 Å². The van der Waals surface area contributed by atoms with Crippen LogP contribution in [0.25, 0.3) is 5.69 Å². The van der Waals surface area contributed by atoms with Gasteiger partial charge in [0.2, 0.25) is 0 Å². The average Bonchev–Trinajstić information content (AvgIpc) is 3.55. The van der Waals surface area contributed by atoms with E-state index in [1.165, 1.54) is 0 Å². The number of hydrogen-bond donors (Lipinski definition) is 0. The molecule has 9 heteroatoms. The Morgan fingerprint density at radius 1 is 0.822 bits per heavy atom. The Kier molecular flexibility index (Phi) is 8.83. The fraction of sp³-hybridized carbons (Fsp3) is 0.389. The minimum absolute atomic E-state index is 0.0578. The highest BCUT2D eigenvalue weighted by Gasteiger charge is 2.30. The van der Waals surface area contributed by atoms with Crippen molar-refractivity contribution in [1.82, 2.24) is 23.8 Å². The number of aromatic nitrogens is 2. The van der Waals surface area contributed by atoms with Crippen molar-refractivity contribution < 1.29 is 14.3 Å². The molecule has 4 aromatic rings. The second kappa shape index (κ2) is 12.9. The molecular weight excluding hydrogens is 564 g/mol. The molecule has 2 aliphatic rings. The molecule has 0 bridgehead atoms. The van der Waals surface area contributed by atoms with Crippen LogP contribution in [0, 0.1) is 13.8 Å². The monoisotopic (exact) mass is 608 g/mol. The Labute approximate surface area is 266 Å². The van der Waals surface area contributed by atoms with Crippen LogP contribution in [0.2, 0.25) is 0 Å². The van der Waals surface area contributed by atoms with Crippen LogP contribution in [0.15, 0.2) is 66.7 Å². The Morgan fingerprint density at radius 2 is 1.56 bits per heavy atom. The number of anilines is 1. The maximum atomic E-state index is 14.2. The lowest BCUT2D eigenvalue weighted by Gasteiger charge is -2.35. The first kappa shape index (κ1) is 30.7. The molecule has 2 amide bonds. The van der Waals surface area contributed by atoms with Gasteiger partial charge in [0.05, 0.1) is 25.9 Å². The third-order valence-corrected chi connectivity index (χ3v) is 9.14. The molecule has 0 unspecified atom stereocenters. The van der Waals surface area contributed by atoms with Gasteiger partial charge in [-0.3, -0.25) is 14.5 Å². The summed E-state index contributed by atoms with van der Waals surface area (Å²) in [7, 11) is 5.84. The Hall–Kier alpha value is -4.34. The molecule has 0 atom stereocenters. The number of para-hydroxylation sites is 1. The molecule has 2 aliphatic heterocycles. The van der Waals surface area contributed by atoms with Gasteiger partial charge in [0.15, 0.2) is 0 Å². The second-order valence-corrected chi connectivity index (χ2v) is 12.4. The molecule has 236 valence electrons. The van der Waals surface area contributed by atoms with Crippen LogP contribution >= 0.6 is 0 Å². The van der Waals surface area contributed by atoms with Crippen molar-refractivity contribution in [2.45, 2.75) is 33.4 Å². The van der Waals surface area contributed by atoms with E-state index < -0.39 is 0 Å². The first-order valence-corrected chi connectivity index (χ1v) is 15.8. The standard InChI is InChI=1S/C36H44N6O3/c1-26-11-12-27(2)42(26)32-15-13-28(23-34(32)45-5)35(43)41-25-30-14-16-33(40(30)24-29-9-6-7-10-31(29)41)36(44)39-21-19-38(20-22-39)18-8-17-37(3)4/h6-7,9-16,23H,8,17-22,24-25H2,1-5H3. The van der Waals surface area contributed by atoms with Gasteiger partial charge in [-0.25, -0.2) is 0 Å². The summed E-state index contributed by atoms with van der Waals surface area (Å²) in [4.78, 5) is 36.5. The molecule has 2 aromatic carbocycles. The Balaban J connectivity index is 1.24. The van der Waals surface area contributed by atoms with Crippen LogP contribution in [0.3, 0.4) is 0 Å². The fourth-order valence-corrected chi connectivity index (χ4v) is 6.67. The number of nitrogens with zero attached hydrogens (tertiary/aromatic N) is 6. The third-order valence-electron chi connectivity index (χ3n) is 9.14. The molecule has 2 aromatic heterocycles. The highest BCUT2D eigenvalue weighted by atomic mass is 16.5. The zero-order valence-electron chi connectivity index (χ0n) is 27.1. The SMILES string of the molecule is COc1cc(C(=O)N2Cc3ccc(C(=O)N4CCN(CCCN(C)C)CC4)n3Cc3ccccc32)ccc1-n1c(C)ccc1C. The second-order valence-electron chi connectivity index (χ2n) is 12.4. The van der Waals surface area contributed by atoms with E-state index in [0.717, 1.165) is 79.7 Å². The smallest absolute Gasteiger partial charge is 0.270 e. The van der Waals surface area contributed by atoms with E-state index in [1.807, 2.05) is 64.4 Å². The summed E-state index contributed by atoms with van der Waals surface area (Å²) in [5.74, 6) is 0.587. The zero-order chi connectivity index (χ0) is 31.7. The average molecular weight is 609 g/mol. The Bertz CT molecular complexity index is 1670. The van der Waals surface area contributed by atoms with Crippen LogP contribution < -0.4 is 9.64 Å². The zero-order valence-corrected chi connectivity index (χ0v) is 27.1. The maximum absolute atomic E-state index is 14.2. The van der Waals surface area contributed by atoms with Crippen LogP contribution in [0.5, 0.6) is 5.75 Å². The van der Waals surface area contributed by atoms with Crippen molar-refractivity contribution in [3.8, 4) is 11.4 Å². The molecule has 0 N–H and O–H groups in total. The lowest BCUT2D eigenvalue weighted by Crippen LogP contribution is -2.49. The maximum Gasteiger partial charge on any atom is 0.270 e. The number of benzene rings is 2. The quantitative estimate of drug-likeness (QED) is 0.287. The van der Waals surface area contributed by atoms with E-state index in [0.29, 0.717) is 30.1 Å². The molecule has 9 nitrogen and oxygen atoms in total. The summed E-state index contributed by atoms with van der Waals surface area (Å²) >= 11 is 0. The number of carbonyl (C=O) groups excluding carboxylic acids is 2. The Morgan fingerprint density at radius 3 is 2.27 bits per heavy atom. The number of aryl methyl sites for hydroxylation is 2. The van der Waals surface area contributed by atoms with Crippen molar-refractivity contribution in [3.05, 3.63) is 101 Å². The van der Waals surface area contributed by atoms with Gasteiger partial charge in [0, 0.05) is 54.5 Å². The predicted octanol–water partition coefficient (Wildman–Crippen LogP) is 4.82. The molecule has 45 heavy (non-hydrogen) atoms. The van der Waals surface area contributed by atoms with Gasteiger partial charge in [-0.15, -0.1) is 0 Å². The summed E-state index contributed by atoms with van der Waals surface area (Å²) in [6.45, 7) is 10.4. The largest absolute Gasteiger partial charge is 0.495 e. The number of piperazine rings is 1. The van der Waals surface area contributed by atoms with Crippen molar-refractivity contribution in [2.24, 2.45) is 0 Å². The minimum atomic E-state index is -0.110. The van der Waals surface area contributed by atoms with E-state index in [2.05, 4.69) is 59.0 Å². The molecule has 1 fully saturated rings. The van der Waals surface area contributed by atoms with Gasteiger partial charge < -0.3 is 28.6 Å². The van der Waals surface area contributed by atoms with Crippen LogP contribution in [0.4, 0.5) is 5.69 Å². The van der Waals surface area contributed by atoms with E-state index in [4.69, 9.17) is 4.74 Å². The summed E-state index contributed by atoms with van der Waals surface area (Å²) in [6, 6.07) is 21.7. The van der Waals surface area contributed by atoms with Crippen LogP contribution in [-0.4, -0.2) is 96.1 Å². The summed E-state index contributed by atoms with van der Waals surface area (Å²) < 4.78 is 10.0. The summed E-state index contributed by atoms with van der Waals surface area (Å²) in [5, 5.41) is 0. The molecule has 6 rings (SSSR count). The third kappa shape index (κ3) is 6.15. The number of ether oxygens (including phenoxy) is 1. The number of rotatable bonds is 8. The number of methoxy groups -OCH3 is 1. The molecule has 0 aliphatic carbocycles. The molecular formula is C36H44N6O3. The summed E-state index contributed by atoms with van der Waals surface area (Å²) in [6.07, 6.45) is 1.13. The van der Waals surface area contributed by atoms with Crippen molar-refractivity contribution in [3.63, 3.8) is 0 Å². The fourth-order valence-electron chi connectivity index (χ4n) is 6.67. The van der Waals surface area contributed by atoms with Crippen LogP contribution in [0.1, 0.15) is 49.9 Å². The normalized spacial score (nSPS) is 15.2. The van der Waals surface area contributed by atoms with Crippen LogP contribution in [-0.2, 0) is 13.1 Å². The van der Waals surface area contributed by atoms with Gasteiger partial charge >= 0.3 is 0 Å². The van der Waals surface area contributed by atoms with Gasteiger partial charge in [-0.05, 0) is 102 Å². The van der Waals surface area contributed by atoms with Crippen molar-refractivity contribution in [2.75, 3.05) is 65.4 Å². The lowest BCUT2D eigenvalue weighted by molar-refractivity contribution is 0.0623. The first-order valence-electron chi connectivity index (χ1n) is 15.8. The van der Waals surface area contributed by atoms with Gasteiger partial charge in [-0.1, -0.05) is 18.2 Å². The highest BCUT2D eigenvalue weighted by Crippen LogP contribution is 2.33. The number of amides is 2. The molecule has 1 saturated heterocycles. The molecule has 0 spiro atoms. The molecule has 0 radical (unpaired) electrons. The van der Waals surface area contributed by atoms with Gasteiger partial charge in [0.1, 0.15) is 11.4 Å². The molecule has 4 heterocycles. The predicted molar refractivity (Wildman–Crippen MR) is 178 cm³/mol. The number of hydrogen-bond acceptors (Lipinski definition) is 5. The van der Waals surface area contributed by atoms with Gasteiger partial charge in [-0.2, -0.15) is 0 Å². The van der Waals surface area contributed by atoms with Crippen molar-refractivity contribution in [1.29, 1.82) is 0 Å². The first-order chi connectivity index (χ1) is 21.7.